The SMILES string of the molecule is Cc1ccc(OCCC(=O)NNC(=O)c2ccc3ccccc3n2)cc1. The summed E-state index contributed by atoms with van der Waals surface area (Å²) in [6, 6.07) is 18.5. The molecular formula is C20H19N3O3. The monoisotopic (exact) mass is 349 g/mol. The second kappa shape index (κ2) is 8.11. The third kappa shape index (κ3) is 4.57. The third-order valence-electron chi connectivity index (χ3n) is 3.77. The molecule has 0 fully saturated rings. The number of rotatable bonds is 5. The molecule has 0 atom stereocenters. The van der Waals surface area contributed by atoms with Gasteiger partial charge in [-0.15, -0.1) is 0 Å². The molecule has 0 radical (unpaired) electrons. The maximum atomic E-state index is 12.1. The van der Waals surface area contributed by atoms with Gasteiger partial charge in [-0.1, -0.05) is 42.0 Å². The summed E-state index contributed by atoms with van der Waals surface area (Å²) in [5.41, 5.74) is 6.82. The molecule has 0 aliphatic rings. The number of nitrogens with one attached hydrogen (secondary N) is 2. The molecule has 26 heavy (non-hydrogen) atoms. The number of hydrazine groups is 1. The van der Waals surface area contributed by atoms with Gasteiger partial charge in [0.1, 0.15) is 11.4 Å². The van der Waals surface area contributed by atoms with Gasteiger partial charge in [-0.2, -0.15) is 0 Å². The summed E-state index contributed by atoms with van der Waals surface area (Å²) in [7, 11) is 0. The first kappa shape index (κ1) is 17.4. The van der Waals surface area contributed by atoms with E-state index in [4.69, 9.17) is 4.74 Å². The Morgan fingerprint density at radius 3 is 2.54 bits per heavy atom. The number of hydrogen-bond acceptors (Lipinski definition) is 4. The van der Waals surface area contributed by atoms with Crippen molar-refractivity contribution in [2.75, 3.05) is 6.61 Å². The van der Waals surface area contributed by atoms with Gasteiger partial charge in [0.2, 0.25) is 5.91 Å². The molecule has 0 saturated heterocycles. The fraction of sp³-hybridized carbons (Fsp3) is 0.150. The van der Waals surface area contributed by atoms with Crippen molar-refractivity contribution >= 4 is 22.7 Å². The number of benzene rings is 2. The largest absolute Gasteiger partial charge is 0.493 e. The van der Waals surface area contributed by atoms with Crippen LogP contribution < -0.4 is 15.6 Å². The van der Waals surface area contributed by atoms with Crippen LogP contribution in [0.2, 0.25) is 0 Å². The lowest BCUT2D eigenvalue weighted by Crippen LogP contribution is -2.42. The Hall–Kier alpha value is -3.41. The van der Waals surface area contributed by atoms with E-state index in [1.54, 1.807) is 6.07 Å². The molecule has 2 amide bonds. The average molecular weight is 349 g/mol. The van der Waals surface area contributed by atoms with E-state index in [-0.39, 0.29) is 24.6 Å². The average Bonchev–Trinajstić information content (AvgIpc) is 2.67. The Balaban J connectivity index is 1.45. The van der Waals surface area contributed by atoms with Crippen molar-refractivity contribution in [3.8, 4) is 5.75 Å². The topological polar surface area (TPSA) is 80.3 Å². The van der Waals surface area contributed by atoms with Crippen LogP contribution in [0, 0.1) is 6.92 Å². The van der Waals surface area contributed by atoms with Crippen molar-refractivity contribution < 1.29 is 14.3 Å². The number of carbonyl (C=O) groups is 2. The lowest BCUT2D eigenvalue weighted by molar-refractivity contribution is -0.122. The van der Waals surface area contributed by atoms with Crippen molar-refractivity contribution in [1.29, 1.82) is 0 Å². The molecule has 0 saturated carbocycles. The highest BCUT2D eigenvalue weighted by Crippen LogP contribution is 2.12. The van der Waals surface area contributed by atoms with E-state index in [9.17, 15) is 9.59 Å². The lowest BCUT2D eigenvalue weighted by Gasteiger charge is -2.09. The zero-order valence-electron chi connectivity index (χ0n) is 14.4. The van der Waals surface area contributed by atoms with Gasteiger partial charge < -0.3 is 4.74 Å². The molecule has 2 N–H and O–H groups in total. The second-order valence-corrected chi connectivity index (χ2v) is 5.80. The minimum atomic E-state index is -0.469. The highest BCUT2D eigenvalue weighted by Gasteiger charge is 2.09. The molecule has 0 unspecified atom stereocenters. The maximum Gasteiger partial charge on any atom is 0.288 e. The fourth-order valence-corrected chi connectivity index (χ4v) is 2.34. The van der Waals surface area contributed by atoms with Crippen molar-refractivity contribution in [2.45, 2.75) is 13.3 Å². The predicted octanol–water partition coefficient (Wildman–Crippen LogP) is 2.77. The summed E-state index contributed by atoms with van der Waals surface area (Å²) in [4.78, 5) is 28.2. The number of hydrogen-bond donors (Lipinski definition) is 2. The molecule has 132 valence electrons. The van der Waals surface area contributed by atoms with Gasteiger partial charge in [0, 0.05) is 5.39 Å². The van der Waals surface area contributed by atoms with Gasteiger partial charge in [-0.3, -0.25) is 20.4 Å². The molecule has 1 heterocycles. The number of carbonyl (C=O) groups excluding carboxylic acids is 2. The number of para-hydroxylation sites is 1. The number of amides is 2. The predicted molar refractivity (Wildman–Crippen MR) is 98.6 cm³/mol. The summed E-state index contributed by atoms with van der Waals surface area (Å²) in [5, 5.41) is 0.946. The summed E-state index contributed by atoms with van der Waals surface area (Å²) < 4.78 is 5.49. The van der Waals surface area contributed by atoms with Crippen LogP contribution in [0.5, 0.6) is 5.75 Å². The zero-order chi connectivity index (χ0) is 18.4. The van der Waals surface area contributed by atoms with Crippen LogP contribution in [0.1, 0.15) is 22.5 Å². The van der Waals surface area contributed by atoms with Crippen LogP contribution in [0.3, 0.4) is 0 Å². The molecule has 2 aromatic carbocycles. The van der Waals surface area contributed by atoms with Gasteiger partial charge in [-0.05, 0) is 31.2 Å². The van der Waals surface area contributed by atoms with E-state index in [1.165, 1.54) is 0 Å². The van der Waals surface area contributed by atoms with Crippen LogP contribution in [0.25, 0.3) is 10.9 Å². The highest BCUT2D eigenvalue weighted by atomic mass is 16.5. The van der Waals surface area contributed by atoms with Crippen LogP contribution >= 0.6 is 0 Å². The first-order valence-electron chi connectivity index (χ1n) is 8.26. The van der Waals surface area contributed by atoms with E-state index >= 15 is 0 Å². The van der Waals surface area contributed by atoms with E-state index in [2.05, 4.69) is 15.8 Å². The number of aryl methyl sites for hydroxylation is 1. The van der Waals surface area contributed by atoms with Crippen molar-refractivity contribution in [1.82, 2.24) is 15.8 Å². The quantitative estimate of drug-likeness (QED) is 0.694. The van der Waals surface area contributed by atoms with Gasteiger partial charge in [0.05, 0.1) is 18.5 Å². The Labute approximate surface area is 151 Å². The highest BCUT2D eigenvalue weighted by molar-refractivity contribution is 5.95. The van der Waals surface area contributed by atoms with E-state index in [1.807, 2.05) is 61.5 Å². The lowest BCUT2D eigenvalue weighted by atomic mass is 10.2. The number of nitrogens with zero attached hydrogens (tertiary/aromatic N) is 1. The van der Waals surface area contributed by atoms with Crippen LogP contribution in [0.15, 0.2) is 60.7 Å². The Morgan fingerprint density at radius 1 is 0.962 bits per heavy atom. The van der Waals surface area contributed by atoms with Gasteiger partial charge >= 0.3 is 0 Å². The first-order chi connectivity index (χ1) is 12.6. The van der Waals surface area contributed by atoms with Crippen LogP contribution in [-0.4, -0.2) is 23.4 Å². The molecule has 3 rings (SSSR count). The summed E-state index contributed by atoms with van der Waals surface area (Å²) in [6.07, 6.45) is 0.124. The Morgan fingerprint density at radius 2 is 1.73 bits per heavy atom. The van der Waals surface area contributed by atoms with Crippen molar-refractivity contribution in [3.05, 3.63) is 71.9 Å². The third-order valence-corrected chi connectivity index (χ3v) is 3.77. The molecular weight excluding hydrogens is 330 g/mol. The zero-order valence-corrected chi connectivity index (χ0v) is 14.4. The maximum absolute atomic E-state index is 12.1. The molecule has 0 spiro atoms. The molecule has 6 heteroatoms. The number of fused-ring (bicyclic) bond motifs is 1. The number of ether oxygens (including phenoxy) is 1. The van der Waals surface area contributed by atoms with Gasteiger partial charge in [0.25, 0.3) is 5.91 Å². The smallest absolute Gasteiger partial charge is 0.288 e. The standard InChI is InChI=1S/C20H19N3O3/c1-14-6-9-16(10-7-14)26-13-12-19(24)22-23-20(25)18-11-8-15-4-2-3-5-17(15)21-18/h2-11H,12-13H2,1H3,(H,22,24)(H,23,25). The summed E-state index contributed by atoms with van der Waals surface area (Å²) in [6.45, 7) is 2.21. The van der Waals surface area contributed by atoms with Gasteiger partial charge in [0.15, 0.2) is 0 Å². The minimum Gasteiger partial charge on any atom is -0.493 e. The molecule has 6 nitrogen and oxygen atoms in total. The first-order valence-corrected chi connectivity index (χ1v) is 8.26. The number of aromatic nitrogens is 1. The molecule has 0 bridgehead atoms. The fourth-order valence-electron chi connectivity index (χ4n) is 2.34. The van der Waals surface area contributed by atoms with Crippen LogP contribution in [-0.2, 0) is 4.79 Å². The molecule has 3 aromatic rings. The van der Waals surface area contributed by atoms with Crippen molar-refractivity contribution in [2.24, 2.45) is 0 Å². The van der Waals surface area contributed by atoms with Gasteiger partial charge in [-0.25, -0.2) is 4.98 Å². The minimum absolute atomic E-state index is 0.124. The normalized spacial score (nSPS) is 10.3. The molecule has 0 aliphatic heterocycles. The van der Waals surface area contributed by atoms with E-state index in [0.717, 1.165) is 16.5 Å². The Kier molecular flexibility index (Phi) is 5.43. The molecule has 1 aromatic heterocycles. The van der Waals surface area contributed by atoms with Crippen molar-refractivity contribution in [3.63, 3.8) is 0 Å². The second-order valence-electron chi connectivity index (χ2n) is 5.80. The summed E-state index contributed by atoms with van der Waals surface area (Å²) >= 11 is 0. The van der Waals surface area contributed by atoms with Crippen LogP contribution in [0.4, 0.5) is 0 Å². The Bertz CT molecular complexity index is 923. The van der Waals surface area contributed by atoms with E-state index in [0.29, 0.717) is 5.75 Å². The molecule has 0 aliphatic carbocycles. The van der Waals surface area contributed by atoms with E-state index < -0.39 is 5.91 Å². The number of pyridine rings is 1. The summed E-state index contributed by atoms with van der Waals surface area (Å²) in [5.74, 6) is -0.109.